The molecule has 1 N–H and O–H groups in total. The van der Waals surface area contributed by atoms with E-state index in [1.54, 1.807) is 0 Å². The highest BCUT2D eigenvalue weighted by molar-refractivity contribution is 7.11. The van der Waals surface area contributed by atoms with E-state index in [0.717, 1.165) is 42.1 Å². The summed E-state index contributed by atoms with van der Waals surface area (Å²) in [6.45, 7) is 0.169. The zero-order chi connectivity index (χ0) is 22.7. The lowest BCUT2D eigenvalue weighted by atomic mass is 10.0. The molecule has 2 amide bonds. The number of amides is 2. The summed E-state index contributed by atoms with van der Waals surface area (Å²) in [7, 11) is 0. The van der Waals surface area contributed by atoms with Gasteiger partial charge in [0.05, 0.1) is 6.54 Å². The van der Waals surface area contributed by atoms with Gasteiger partial charge in [-0.05, 0) is 53.5 Å². The molecule has 1 saturated carbocycles. The first-order valence-electron chi connectivity index (χ1n) is 10.1. The minimum atomic E-state index is -0.984. The summed E-state index contributed by atoms with van der Waals surface area (Å²) in [4.78, 5) is 29.4. The molecule has 1 aliphatic carbocycles. The highest BCUT2D eigenvalue weighted by atomic mass is 35.5. The normalized spacial score (nSPS) is 15.0. The van der Waals surface area contributed by atoms with E-state index in [9.17, 15) is 14.0 Å². The summed E-state index contributed by atoms with van der Waals surface area (Å²) in [6, 6.07) is 8.45. The van der Waals surface area contributed by atoms with E-state index in [0.29, 0.717) is 5.56 Å². The molecule has 1 aliphatic rings. The van der Waals surface area contributed by atoms with Crippen LogP contribution in [0.15, 0.2) is 41.8 Å². The lowest BCUT2D eigenvalue weighted by Crippen LogP contribution is -2.46. The van der Waals surface area contributed by atoms with Crippen molar-refractivity contribution in [2.45, 2.75) is 44.3 Å². The standard InChI is InChI=1S/C22H20Cl2FN3O2S2/c23-17-18(27-32-20(17)24)22(30)28(12-16-6-3-11-31-16)19(13-7-9-14(25)10-8-13)21(29)26-15-4-1-2-5-15/h3,6-11,15,19H,1-2,4-5,12H2,(H,26,29)/t19-/m0/s1. The third-order valence-corrected chi connectivity index (χ3v) is 7.89. The molecular formula is C22H20Cl2FN3O2S2. The molecule has 4 rings (SSSR count). The van der Waals surface area contributed by atoms with Crippen molar-refractivity contribution in [1.29, 1.82) is 0 Å². The average Bonchev–Trinajstić information content (AvgIpc) is 3.53. The maximum absolute atomic E-state index is 13.6. The van der Waals surface area contributed by atoms with Crippen LogP contribution in [-0.4, -0.2) is 27.1 Å². The van der Waals surface area contributed by atoms with Crippen LogP contribution < -0.4 is 5.32 Å². The lowest BCUT2D eigenvalue weighted by Gasteiger charge is -2.31. The molecule has 0 aliphatic heterocycles. The highest BCUT2D eigenvalue weighted by Crippen LogP contribution is 2.34. The van der Waals surface area contributed by atoms with Gasteiger partial charge in [-0.25, -0.2) is 4.39 Å². The van der Waals surface area contributed by atoms with Gasteiger partial charge in [-0.1, -0.05) is 54.2 Å². The number of halogens is 3. The van der Waals surface area contributed by atoms with Gasteiger partial charge in [0.2, 0.25) is 5.91 Å². The summed E-state index contributed by atoms with van der Waals surface area (Å²) in [5, 5.41) is 5.04. The zero-order valence-electron chi connectivity index (χ0n) is 16.9. The van der Waals surface area contributed by atoms with Gasteiger partial charge in [0.25, 0.3) is 5.91 Å². The monoisotopic (exact) mass is 511 g/mol. The van der Waals surface area contributed by atoms with E-state index in [1.165, 1.54) is 40.5 Å². The lowest BCUT2D eigenvalue weighted by molar-refractivity contribution is -0.126. The number of carbonyl (C=O) groups excluding carboxylic acids is 2. The van der Waals surface area contributed by atoms with E-state index in [4.69, 9.17) is 23.2 Å². The molecular weight excluding hydrogens is 492 g/mol. The van der Waals surface area contributed by atoms with Crippen LogP contribution in [0.4, 0.5) is 4.39 Å². The van der Waals surface area contributed by atoms with Gasteiger partial charge >= 0.3 is 0 Å². The highest BCUT2D eigenvalue weighted by Gasteiger charge is 2.36. The van der Waals surface area contributed by atoms with Crippen LogP contribution in [0.1, 0.15) is 52.7 Å². The van der Waals surface area contributed by atoms with Crippen LogP contribution in [0.2, 0.25) is 9.36 Å². The van der Waals surface area contributed by atoms with Crippen LogP contribution in [0.25, 0.3) is 0 Å². The maximum atomic E-state index is 13.6. The van der Waals surface area contributed by atoms with Gasteiger partial charge < -0.3 is 10.2 Å². The van der Waals surface area contributed by atoms with Crippen molar-refractivity contribution >= 4 is 57.9 Å². The van der Waals surface area contributed by atoms with Gasteiger partial charge in [-0.2, -0.15) is 4.37 Å². The fraction of sp³-hybridized carbons (Fsp3) is 0.318. The Morgan fingerprint density at radius 1 is 1.19 bits per heavy atom. The number of carbonyl (C=O) groups is 2. The van der Waals surface area contributed by atoms with E-state index in [2.05, 4.69) is 9.69 Å². The Balaban J connectivity index is 1.75. The summed E-state index contributed by atoms with van der Waals surface area (Å²) < 4.78 is 18.0. The Morgan fingerprint density at radius 2 is 1.91 bits per heavy atom. The molecule has 32 heavy (non-hydrogen) atoms. The molecule has 0 spiro atoms. The van der Waals surface area contributed by atoms with Crippen LogP contribution in [0.5, 0.6) is 0 Å². The third-order valence-electron chi connectivity index (χ3n) is 5.41. The minimum absolute atomic E-state index is 0.000925. The second-order valence-corrected chi connectivity index (χ2v) is 10.4. The van der Waals surface area contributed by atoms with Crippen molar-refractivity contribution < 1.29 is 14.0 Å². The minimum Gasteiger partial charge on any atom is -0.351 e. The second kappa shape index (κ2) is 10.3. The number of nitrogens with zero attached hydrogens (tertiary/aromatic N) is 2. The molecule has 2 heterocycles. The Hall–Kier alpha value is -2.00. The zero-order valence-corrected chi connectivity index (χ0v) is 20.0. The molecule has 168 valence electrons. The number of aromatic nitrogens is 1. The average molecular weight is 512 g/mol. The molecule has 5 nitrogen and oxygen atoms in total. The largest absolute Gasteiger partial charge is 0.351 e. The van der Waals surface area contributed by atoms with Gasteiger partial charge in [0, 0.05) is 10.9 Å². The Bertz CT molecular complexity index is 1080. The van der Waals surface area contributed by atoms with Gasteiger partial charge in [-0.15, -0.1) is 11.3 Å². The van der Waals surface area contributed by atoms with Crippen LogP contribution in [-0.2, 0) is 11.3 Å². The molecule has 1 aromatic carbocycles. The van der Waals surface area contributed by atoms with Crippen molar-refractivity contribution in [3.05, 3.63) is 73.1 Å². The summed E-state index contributed by atoms with van der Waals surface area (Å²) in [5.41, 5.74) is 0.503. The summed E-state index contributed by atoms with van der Waals surface area (Å²) in [6.07, 6.45) is 3.90. The number of rotatable bonds is 7. The number of benzene rings is 1. The van der Waals surface area contributed by atoms with Crippen molar-refractivity contribution in [3.63, 3.8) is 0 Å². The van der Waals surface area contributed by atoms with Crippen molar-refractivity contribution in [1.82, 2.24) is 14.6 Å². The van der Waals surface area contributed by atoms with Crippen molar-refractivity contribution in [2.24, 2.45) is 0 Å². The molecule has 0 bridgehead atoms. The molecule has 0 unspecified atom stereocenters. The fourth-order valence-corrected chi connectivity index (χ4v) is 5.54. The molecule has 1 fully saturated rings. The predicted octanol–water partition coefficient (Wildman–Crippen LogP) is 6.09. The van der Waals surface area contributed by atoms with Gasteiger partial charge in [0.1, 0.15) is 21.2 Å². The van der Waals surface area contributed by atoms with Crippen molar-refractivity contribution in [2.75, 3.05) is 0 Å². The quantitative estimate of drug-likeness (QED) is 0.417. The van der Waals surface area contributed by atoms with Crippen LogP contribution >= 0.6 is 46.1 Å². The second-order valence-electron chi connectivity index (χ2n) is 7.58. The summed E-state index contributed by atoms with van der Waals surface area (Å²) in [5.74, 6) is -1.25. The maximum Gasteiger partial charge on any atom is 0.276 e. The van der Waals surface area contributed by atoms with E-state index >= 15 is 0 Å². The summed E-state index contributed by atoms with van der Waals surface area (Å²) >= 11 is 14.7. The molecule has 1 atom stereocenters. The van der Waals surface area contributed by atoms with E-state index < -0.39 is 17.8 Å². The first kappa shape index (κ1) is 23.2. The topological polar surface area (TPSA) is 62.3 Å². The molecule has 10 heteroatoms. The van der Waals surface area contributed by atoms with Crippen LogP contribution in [0.3, 0.4) is 0 Å². The SMILES string of the molecule is O=C(NC1CCCC1)[C@H](c1ccc(F)cc1)N(Cc1cccs1)C(=O)c1nsc(Cl)c1Cl. The fourth-order valence-electron chi connectivity index (χ4n) is 3.85. The van der Waals surface area contributed by atoms with E-state index in [1.807, 2.05) is 17.5 Å². The number of hydrogen-bond donors (Lipinski definition) is 1. The van der Waals surface area contributed by atoms with Crippen molar-refractivity contribution in [3.8, 4) is 0 Å². The first-order chi connectivity index (χ1) is 15.4. The number of thiophene rings is 1. The molecule has 3 aromatic rings. The third kappa shape index (κ3) is 5.14. The molecule has 0 radical (unpaired) electrons. The Kier molecular flexibility index (Phi) is 7.45. The number of nitrogens with one attached hydrogen (secondary N) is 1. The number of hydrogen-bond acceptors (Lipinski definition) is 5. The smallest absolute Gasteiger partial charge is 0.276 e. The Morgan fingerprint density at radius 3 is 2.50 bits per heavy atom. The van der Waals surface area contributed by atoms with E-state index in [-0.39, 0.29) is 33.5 Å². The first-order valence-corrected chi connectivity index (χ1v) is 12.5. The van der Waals surface area contributed by atoms with Gasteiger partial charge in [0.15, 0.2) is 5.69 Å². The molecule has 2 aromatic heterocycles. The Labute approximate surface area is 203 Å². The van der Waals surface area contributed by atoms with Gasteiger partial charge in [-0.3, -0.25) is 9.59 Å². The predicted molar refractivity (Wildman–Crippen MR) is 126 cm³/mol. The van der Waals surface area contributed by atoms with Crippen LogP contribution in [0, 0.1) is 5.82 Å². The molecule has 0 saturated heterocycles.